The lowest BCUT2D eigenvalue weighted by Gasteiger charge is -2.26. The molecular weight excluding hydrogens is 246 g/mol. The van der Waals surface area contributed by atoms with Crippen LogP contribution in [0.2, 0.25) is 0 Å². The van der Waals surface area contributed by atoms with Crippen molar-refractivity contribution in [2.75, 3.05) is 0 Å². The predicted octanol–water partition coefficient (Wildman–Crippen LogP) is 1.30. The molecule has 1 fully saturated rings. The topological polar surface area (TPSA) is 86.6 Å². The van der Waals surface area contributed by atoms with Gasteiger partial charge in [0.15, 0.2) is 0 Å². The number of phenolic OH excluding ortho intramolecular Hbond substituents is 1. The Balaban J connectivity index is 1.97. The molecule has 1 amide bonds. The second-order valence-corrected chi connectivity index (χ2v) is 4.90. The van der Waals surface area contributed by atoms with E-state index in [1.807, 2.05) is 0 Å². The molecule has 3 N–H and O–H groups in total. The number of hydrogen-bond acceptors (Lipinski definition) is 3. The molecule has 1 aromatic rings. The second-order valence-electron chi connectivity index (χ2n) is 4.90. The molecule has 1 aliphatic carbocycles. The van der Waals surface area contributed by atoms with Gasteiger partial charge in [-0.15, -0.1) is 0 Å². The molecule has 0 saturated heterocycles. The summed E-state index contributed by atoms with van der Waals surface area (Å²) in [5, 5.41) is 20.9. The smallest absolute Gasteiger partial charge is 0.326 e. The Morgan fingerprint density at radius 1 is 1.26 bits per heavy atom. The van der Waals surface area contributed by atoms with E-state index in [4.69, 9.17) is 5.11 Å². The minimum Gasteiger partial charge on any atom is -0.508 e. The van der Waals surface area contributed by atoms with Crippen molar-refractivity contribution >= 4 is 11.9 Å². The van der Waals surface area contributed by atoms with Gasteiger partial charge in [0.2, 0.25) is 5.91 Å². The Morgan fingerprint density at radius 2 is 1.89 bits per heavy atom. The Morgan fingerprint density at radius 3 is 2.37 bits per heavy atom. The summed E-state index contributed by atoms with van der Waals surface area (Å²) in [6, 6.07) is 5.39. The number of carbonyl (C=O) groups is 2. The summed E-state index contributed by atoms with van der Waals surface area (Å²) in [5.74, 6) is -1.10. The van der Waals surface area contributed by atoms with E-state index < -0.39 is 12.0 Å². The summed E-state index contributed by atoms with van der Waals surface area (Å²) < 4.78 is 0. The minimum absolute atomic E-state index is 0.0262. The van der Waals surface area contributed by atoms with Crippen LogP contribution in [0, 0.1) is 5.92 Å². The van der Waals surface area contributed by atoms with Gasteiger partial charge in [0.05, 0.1) is 0 Å². The third-order valence-electron chi connectivity index (χ3n) is 3.47. The molecule has 2 rings (SSSR count). The van der Waals surface area contributed by atoms with Crippen molar-refractivity contribution in [3.63, 3.8) is 0 Å². The van der Waals surface area contributed by atoms with Gasteiger partial charge in [-0.3, -0.25) is 4.79 Å². The van der Waals surface area contributed by atoms with Gasteiger partial charge in [-0.25, -0.2) is 4.79 Å². The van der Waals surface area contributed by atoms with E-state index in [2.05, 4.69) is 5.32 Å². The summed E-state index contributed by atoms with van der Waals surface area (Å²) in [7, 11) is 0. The third-order valence-corrected chi connectivity index (χ3v) is 3.47. The average molecular weight is 263 g/mol. The van der Waals surface area contributed by atoms with E-state index in [9.17, 15) is 14.7 Å². The molecule has 0 spiro atoms. The lowest BCUT2D eigenvalue weighted by Crippen LogP contribution is -2.46. The number of aromatic hydroxyl groups is 1. The molecule has 1 aromatic carbocycles. The third kappa shape index (κ3) is 3.47. The lowest BCUT2D eigenvalue weighted by molar-refractivity contribution is -0.143. The van der Waals surface area contributed by atoms with Gasteiger partial charge in [0, 0.05) is 12.3 Å². The molecule has 0 unspecified atom stereocenters. The molecule has 0 radical (unpaired) electrons. The van der Waals surface area contributed by atoms with Crippen LogP contribution >= 0.6 is 0 Å². The van der Waals surface area contributed by atoms with Crippen molar-refractivity contribution in [3.05, 3.63) is 29.8 Å². The van der Waals surface area contributed by atoms with Gasteiger partial charge in [-0.2, -0.15) is 0 Å². The van der Waals surface area contributed by atoms with E-state index in [1.54, 1.807) is 12.1 Å². The van der Waals surface area contributed by atoms with Gasteiger partial charge in [-0.1, -0.05) is 18.6 Å². The fraction of sp³-hybridized carbons (Fsp3) is 0.429. The fourth-order valence-corrected chi connectivity index (χ4v) is 2.03. The molecule has 1 aliphatic rings. The number of rotatable bonds is 5. The zero-order chi connectivity index (χ0) is 13.8. The van der Waals surface area contributed by atoms with Crippen molar-refractivity contribution in [2.24, 2.45) is 5.92 Å². The molecule has 0 heterocycles. The highest BCUT2D eigenvalue weighted by atomic mass is 16.4. The molecule has 0 aromatic heterocycles. The normalized spacial score (nSPS) is 16.4. The first-order chi connectivity index (χ1) is 9.06. The number of phenols is 1. The first-order valence-electron chi connectivity index (χ1n) is 6.37. The highest BCUT2D eigenvalue weighted by molar-refractivity contribution is 5.85. The summed E-state index contributed by atoms with van der Waals surface area (Å²) in [6.45, 7) is 0. The van der Waals surface area contributed by atoms with E-state index in [0.717, 1.165) is 24.8 Å². The van der Waals surface area contributed by atoms with E-state index in [1.165, 1.54) is 12.1 Å². The number of aliphatic carboxylic acids is 1. The highest BCUT2D eigenvalue weighted by Gasteiger charge is 2.29. The molecule has 0 bridgehead atoms. The molecule has 1 saturated carbocycles. The van der Waals surface area contributed by atoms with Crippen molar-refractivity contribution in [1.29, 1.82) is 0 Å². The lowest BCUT2D eigenvalue weighted by atomic mass is 9.84. The van der Waals surface area contributed by atoms with Crippen molar-refractivity contribution in [1.82, 2.24) is 5.32 Å². The Bertz CT molecular complexity index is 465. The van der Waals surface area contributed by atoms with Crippen LogP contribution in [0.25, 0.3) is 0 Å². The van der Waals surface area contributed by atoms with Gasteiger partial charge >= 0.3 is 5.97 Å². The van der Waals surface area contributed by atoms with Gasteiger partial charge in [-0.05, 0) is 30.5 Å². The second kappa shape index (κ2) is 5.73. The maximum atomic E-state index is 11.8. The SMILES string of the molecule is O=C(N[C@@H](Cc1ccc(O)cc1)C(=O)O)C1CCC1. The predicted molar refractivity (Wildman–Crippen MR) is 68.7 cm³/mol. The Labute approximate surface area is 111 Å². The summed E-state index contributed by atoms with van der Waals surface area (Å²) in [6.07, 6.45) is 2.94. The zero-order valence-electron chi connectivity index (χ0n) is 10.5. The standard InChI is InChI=1S/C14H17NO4/c16-11-6-4-9(5-7-11)8-12(14(18)19)15-13(17)10-2-1-3-10/h4-7,10,12,16H,1-3,8H2,(H,15,17)(H,18,19)/t12-/m0/s1. The Hall–Kier alpha value is -2.04. The average Bonchev–Trinajstić information content (AvgIpc) is 2.28. The number of carboxylic acid groups (broad SMARTS) is 1. The molecule has 0 aliphatic heterocycles. The summed E-state index contributed by atoms with van der Waals surface area (Å²) >= 11 is 0. The number of carboxylic acids is 1. The summed E-state index contributed by atoms with van der Waals surface area (Å²) in [4.78, 5) is 22.9. The van der Waals surface area contributed by atoms with Crippen LogP contribution in [0.4, 0.5) is 0 Å². The number of benzene rings is 1. The highest BCUT2D eigenvalue weighted by Crippen LogP contribution is 2.26. The van der Waals surface area contributed by atoms with Crippen molar-refractivity contribution in [3.8, 4) is 5.75 Å². The number of amides is 1. The zero-order valence-corrected chi connectivity index (χ0v) is 10.5. The van der Waals surface area contributed by atoms with Crippen LogP contribution in [0.5, 0.6) is 5.75 Å². The minimum atomic E-state index is -1.04. The van der Waals surface area contributed by atoms with E-state index >= 15 is 0 Å². The van der Waals surface area contributed by atoms with Crippen LogP contribution in [-0.4, -0.2) is 28.1 Å². The maximum absolute atomic E-state index is 11.8. The number of carbonyl (C=O) groups excluding carboxylic acids is 1. The van der Waals surface area contributed by atoms with E-state index in [0.29, 0.717) is 0 Å². The van der Waals surface area contributed by atoms with Gasteiger partial charge < -0.3 is 15.5 Å². The largest absolute Gasteiger partial charge is 0.508 e. The van der Waals surface area contributed by atoms with Crippen LogP contribution in [-0.2, 0) is 16.0 Å². The van der Waals surface area contributed by atoms with Gasteiger partial charge in [0.1, 0.15) is 11.8 Å². The fourth-order valence-electron chi connectivity index (χ4n) is 2.03. The molecule has 5 heteroatoms. The van der Waals surface area contributed by atoms with Crippen molar-refractivity contribution in [2.45, 2.75) is 31.7 Å². The van der Waals surface area contributed by atoms with Crippen LogP contribution < -0.4 is 5.32 Å². The number of hydrogen-bond donors (Lipinski definition) is 3. The molecule has 102 valence electrons. The maximum Gasteiger partial charge on any atom is 0.326 e. The quantitative estimate of drug-likeness (QED) is 0.747. The van der Waals surface area contributed by atoms with Gasteiger partial charge in [0.25, 0.3) is 0 Å². The summed E-state index contributed by atoms with van der Waals surface area (Å²) in [5.41, 5.74) is 0.763. The van der Waals surface area contributed by atoms with Crippen LogP contribution in [0.1, 0.15) is 24.8 Å². The first-order valence-corrected chi connectivity index (χ1v) is 6.37. The van der Waals surface area contributed by atoms with Crippen molar-refractivity contribution < 1.29 is 19.8 Å². The Kier molecular flexibility index (Phi) is 4.04. The molecule has 5 nitrogen and oxygen atoms in total. The van der Waals surface area contributed by atoms with Crippen LogP contribution in [0.15, 0.2) is 24.3 Å². The molecule has 1 atom stereocenters. The molecule has 19 heavy (non-hydrogen) atoms. The first kappa shape index (κ1) is 13.4. The van der Waals surface area contributed by atoms with Crippen LogP contribution in [0.3, 0.4) is 0 Å². The van der Waals surface area contributed by atoms with E-state index in [-0.39, 0.29) is 24.0 Å². The number of nitrogens with one attached hydrogen (secondary N) is 1. The monoisotopic (exact) mass is 263 g/mol. The molecular formula is C14H17NO4.